The summed E-state index contributed by atoms with van der Waals surface area (Å²) >= 11 is 0. The van der Waals surface area contributed by atoms with Gasteiger partial charge in [-0.3, -0.25) is 44.0 Å². The predicted molar refractivity (Wildman–Crippen MR) is 207 cm³/mol. The second-order valence-electron chi connectivity index (χ2n) is 13.8. The molecule has 2 aliphatic rings. The summed E-state index contributed by atoms with van der Waals surface area (Å²) in [5, 5.41) is 9.67. The highest BCUT2D eigenvalue weighted by atomic mass is 16.5. The number of amides is 5. The third kappa shape index (κ3) is 8.57. The third-order valence-electron chi connectivity index (χ3n) is 10.1. The molecule has 6 rings (SSSR count). The maximum absolute atomic E-state index is 13.3. The van der Waals surface area contributed by atoms with E-state index in [-0.39, 0.29) is 48.6 Å². The van der Waals surface area contributed by atoms with Gasteiger partial charge in [-0.2, -0.15) is 0 Å². The Morgan fingerprint density at radius 3 is 2.32 bits per heavy atom. The number of benzene rings is 2. The SMILES string of the molecule is COc1cc(-c2cn(C)c(=O)c3cnccc23)cc(OC)c1COCC(=O)NCCCCCCCCNc1cccc2c1C(=O)N(C1CCC(=O)NC1=O)C2=O. The highest BCUT2D eigenvalue weighted by Crippen LogP contribution is 2.38. The molecular formula is C41H46N6O9. The molecule has 0 radical (unpaired) electrons. The topological polar surface area (TPSA) is 187 Å². The van der Waals surface area contributed by atoms with E-state index in [4.69, 9.17) is 14.2 Å². The molecule has 0 saturated carbocycles. The molecule has 1 saturated heterocycles. The summed E-state index contributed by atoms with van der Waals surface area (Å²) in [5.41, 5.74) is 3.19. The minimum atomic E-state index is -0.999. The lowest BCUT2D eigenvalue weighted by Gasteiger charge is -2.27. The highest BCUT2D eigenvalue weighted by molar-refractivity contribution is 6.25. The second kappa shape index (κ2) is 18.0. The lowest BCUT2D eigenvalue weighted by Crippen LogP contribution is -2.54. The van der Waals surface area contributed by atoms with E-state index in [0.717, 1.165) is 59.9 Å². The van der Waals surface area contributed by atoms with Gasteiger partial charge in [0.2, 0.25) is 17.7 Å². The molecule has 1 unspecified atom stereocenters. The molecule has 0 aliphatic carbocycles. The Morgan fingerprint density at radius 1 is 0.893 bits per heavy atom. The molecular weight excluding hydrogens is 720 g/mol. The van der Waals surface area contributed by atoms with Gasteiger partial charge in [-0.15, -0.1) is 0 Å². The van der Waals surface area contributed by atoms with Crippen LogP contribution < -0.4 is 31.0 Å². The van der Waals surface area contributed by atoms with E-state index in [9.17, 15) is 28.8 Å². The molecule has 3 N–H and O–H groups in total. The van der Waals surface area contributed by atoms with Crippen LogP contribution in [0.5, 0.6) is 11.5 Å². The number of anilines is 1. The van der Waals surface area contributed by atoms with E-state index in [1.54, 1.807) is 64.1 Å². The van der Waals surface area contributed by atoms with Gasteiger partial charge in [-0.1, -0.05) is 31.7 Å². The number of carbonyl (C=O) groups is 5. The maximum atomic E-state index is 13.3. The molecule has 0 spiro atoms. The Bertz CT molecular complexity index is 2190. The van der Waals surface area contributed by atoms with Crippen molar-refractivity contribution < 1.29 is 38.2 Å². The van der Waals surface area contributed by atoms with Crippen molar-refractivity contribution in [1.82, 2.24) is 25.1 Å². The number of rotatable bonds is 18. The molecule has 1 fully saturated rings. The van der Waals surface area contributed by atoms with Crippen LogP contribution in [0.1, 0.15) is 77.6 Å². The van der Waals surface area contributed by atoms with Crippen molar-refractivity contribution in [1.29, 1.82) is 0 Å². The first-order chi connectivity index (χ1) is 27.1. The van der Waals surface area contributed by atoms with E-state index in [0.29, 0.717) is 41.2 Å². The van der Waals surface area contributed by atoms with Gasteiger partial charge in [0, 0.05) is 56.4 Å². The van der Waals surface area contributed by atoms with Crippen LogP contribution in [0.4, 0.5) is 5.69 Å². The van der Waals surface area contributed by atoms with E-state index >= 15 is 0 Å². The number of ether oxygens (including phenoxy) is 3. The standard InChI is InChI=1S/C41H46N6O9/c1-46-22-29(26-15-18-42-21-28(26)39(46)51)25-19-33(54-2)30(34(20-25)55-3)23-56-24-36(49)44-17-9-7-5-4-6-8-16-43-31-12-10-11-27-37(31)41(53)47(40(27)52)32-13-14-35(48)45-38(32)50/h10-12,15,18-22,32,43H,4-9,13-14,16-17,23-24H2,1-3H3,(H,44,49)(H,45,48,50). The van der Waals surface area contributed by atoms with Crippen molar-refractivity contribution in [2.75, 3.05) is 39.2 Å². The largest absolute Gasteiger partial charge is 0.496 e. The van der Waals surface area contributed by atoms with E-state index < -0.39 is 29.7 Å². The summed E-state index contributed by atoms with van der Waals surface area (Å²) in [6, 6.07) is 9.56. The number of piperidine rings is 1. The first-order valence-corrected chi connectivity index (χ1v) is 18.7. The van der Waals surface area contributed by atoms with Crippen LogP contribution in [0.3, 0.4) is 0 Å². The monoisotopic (exact) mass is 766 g/mol. The normalized spacial score (nSPS) is 15.2. The molecule has 1 atom stereocenters. The third-order valence-corrected chi connectivity index (χ3v) is 10.1. The fourth-order valence-corrected chi connectivity index (χ4v) is 7.19. The number of hydrogen-bond acceptors (Lipinski definition) is 11. The minimum absolute atomic E-state index is 0.0718. The van der Waals surface area contributed by atoms with Crippen molar-refractivity contribution >= 4 is 46.0 Å². The van der Waals surface area contributed by atoms with Gasteiger partial charge in [-0.05, 0) is 60.5 Å². The second-order valence-corrected chi connectivity index (χ2v) is 13.8. The summed E-state index contributed by atoms with van der Waals surface area (Å²) in [6.45, 7) is 1.11. The molecule has 4 aromatic rings. The molecule has 294 valence electrons. The van der Waals surface area contributed by atoms with Gasteiger partial charge in [-0.25, -0.2) is 0 Å². The molecule has 2 aromatic carbocycles. The number of fused-ring (bicyclic) bond motifs is 2. The van der Waals surface area contributed by atoms with Crippen LogP contribution >= 0.6 is 0 Å². The highest BCUT2D eigenvalue weighted by Gasteiger charge is 2.45. The van der Waals surface area contributed by atoms with Gasteiger partial charge in [0.1, 0.15) is 24.1 Å². The number of aryl methyl sites for hydroxylation is 1. The summed E-state index contributed by atoms with van der Waals surface area (Å²) in [7, 11) is 4.80. The van der Waals surface area contributed by atoms with Crippen LogP contribution in [0.15, 0.2) is 59.8 Å². The molecule has 4 heterocycles. The minimum Gasteiger partial charge on any atom is -0.496 e. The Kier molecular flexibility index (Phi) is 12.7. The lowest BCUT2D eigenvalue weighted by molar-refractivity contribution is -0.136. The Hall–Kier alpha value is -6.09. The number of methoxy groups -OCH3 is 2. The molecule has 15 nitrogen and oxygen atoms in total. The number of imide groups is 2. The molecule has 5 amide bonds. The zero-order chi connectivity index (χ0) is 39.8. The maximum Gasteiger partial charge on any atom is 0.264 e. The summed E-state index contributed by atoms with van der Waals surface area (Å²) in [5.74, 6) is -1.26. The van der Waals surface area contributed by atoms with Gasteiger partial charge >= 0.3 is 0 Å². The average molecular weight is 767 g/mol. The molecule has 2 aromatic heterocycles. The van der Waals surface area contributed by atoms with Crippen molar-refractivity contribution in [3.63, 3.8) is 0 Å². The zero-order valence-electron chi connectivity index (χ0n) is 31.8. The fraction of sp³-hybridized carbons (Fsp3) is 0.390. The number of nitrogens with zero attached hydrogens (tertiary/aromatic N) is 3. The van der Waals surface area contributed by atoms with Crippen LogP contribution in [-0.4, -0.2) is 83.9 Å². The van der Waals surface area contributed by atoms with Crippen molar-refractivity contribution in [2.24, 2.45) is 7.05 Å². The summed E-state index contributed by atoms with van der Waals surface area (Å²) < 4.78 is 18.7. The zero-order valence-corrected chi connectivity index (χ0v) is 31.8. The fourth-order valence-electron chi connectivity index (χ4n) is 7.19. The Morgan fingerprint density at radius 2 is 1.61 bits per heavy atom. The first kappa shape index (κ1) is 39.6. The molecule has 2 aliphatic heterocycles. The number of unbranched alkanes of at least 4 members (excludes halogenated alkanes) is 5. The number of pyridine rings is 2. The number of hydrogen-bond donors (Lipinski definition) is 3. The van der Waals surface area contributed by atoms with Crippen LogP contribution in [0, 0.1) is 0 Å². The first-order valence-electron chi connectivity index (χ1n) is 18.7. The number of aromatic nitrogens is 2. The van der Waals surface area contributed by atoms with Crippen LogP contribution in [0.2, 0.25) is 0 Å². The van der Waals surface area contributed by atoms with E-state index in [1.165, 1.54) is 4.57 Å². The molecule has 0 bridgehead atoms. The van der Waals surface area contributed by atoms with Crippen molar-refractivity contribution in [2.45, 2.75) is 64.0 Å². The molecule has 15 heteroatoms. The van der Waals surface area contributed by atoms with Gasteiger partial charge in [0.25, 0.3) is 17.4 Å². The quantitative estimate of drug-likeness (QED) is 0.0978. The van der Waals surface area contributed by atoms with Crippen LogP contribution in [-0.2, 0) is 32.8 Å². The van der Waals surface area contributed by atoms with Gasteiger partial charge < -0.3 is 29.4 Å². The van der Waals surface area contributed by atoms with Crippen molar-refractivity contribution in [3.05, 3.63) is 82.0 Å². The summed E-state index contributed by atoms with van der Waals surface area (Å²) in [6.07, 6.45) is 10.8. The van der Waals surface area contributed by atoms with Crippen molar-refractivity contribution in [3.8, 4) is 22.6 Å². The lowest BCUT2D eigenvalue weighted by atomic mass is 9.99. The average Bonchev–Trinajstić information content (AvgIpc) is 3.45. The molecule has 56 heavy (non-hydrogen) atoms. The van der Waals surface area contributed by atoms with E-state index in [2.05, 4.69) is 20.9 Å². The van der Waals surface area contributed by atoms with Crippen LogP contribution in [0.25, 0.3) is 21.9 Å². The number of nitrogens with one attached hydrogen (secondary N) is 3. The number of carbonyl (C=O) groups excluding carboxylic acids is 5. The smallest absolute Gasteiger partial charge is 0.264 e. The Balaban J connectivity index is 0.883. The van der Waals surface area contributed by atoms with Gasteiger partial charge in [0.05, 0.1) is 42.9 Å². The predicted octanol–water partition coefficient (Wildman–Crippen LogP) is 4.10. The van der Waals surface area contributed by atoms with E-state index in [1.807, 2.05) is 12.1 Å². The summed E-state index contributed by atoms with van der Waals surface area (Å²) in [4.78, 5) is 80.5. The van der Waals surface area contributed by atoms with Gasteiger partial charge in [0.15, 0.2) is 0 Å². The Labute approximate surface area is 323 Å².